The molecule has 0 amide bonds. The van der Waals surface area contributed by atoms with Crippen molar-refractivity contribution in [1.82, 2.24) is 5.32 Å². The fourth-order valence-electron chi connectivity index (χ4n) is 2.18. The van der Waals surface area contributed by atoms with E-state index in [1.807, 2.05) is 36.4 Å². The van der Waals surface area contributed by atoms with Crippen LogP contribution in [-0.2, 0) is 9.59 Å². The highest BCUT2D eigenvalue weighted by Crippen LogP contribution is 2.30. The van der Waals surface area contributed by atoms with E-state index in [1.165, 1.54) is 13.8 Å². The summed E-state index contributed by atoms with van der Waals surface area (Å²) < 4.78 is 0. The molecule has 0 radical (unpaired) electrons. The van der Waals surface area contributed by atoms with Crippen LogP contribution in [0.25, 0.3) is 0 Å². The van der Waals surface area contributed by atoms with E-state index in [2.05, 4.69) is 5.32 Å². The van der Waals surface area contributed by atoms with Gasteiger partial charge in [-0.1, -0.05) is 36.4 Å². The number of nitrogens with one attached hydrogen (secondary N) is 1. The SMILES string of the molecule is CC(=O)C1=C(C(C)=O)C(c2ccccc2)C=CN1. The van der Waals surface area contributed by atoms with E-state index in [0.29, 0.717) is 11.3 Å². The molecule has 1 atom stereocenters. The average molecular weight is 241 g/mol. The molecular weight excluding hydrogens is 226 g/mol. The normalized spacial score (nSPS) is 18.4. The summed E-state index contributed by atoms with van der Waals surface area (Å²) in [5, 5.41) is 2.88. The molecule has 3 heteroatoms. The lowest BCUT2D eigenvalue weighted by Crippen LogP contribution is -2.25. The molecule has 18 heavy (non-hydrogen) atoms. The molecule has 0 saturated carbocycles. The Balaban J connectivity index is 2.53. The maximum absolute atomic E-state index is 11.8. The summed E-state index contributed by atoms with van der Waals surface area (Å²) in [5.41, 5.74) is 1.95. The van der Waals surface area contributed by atoms with E-state index in [-0.39, 0.29) is 17.5 Å². The maximum atomic E-state index is 11.8. The summed E-state index contributed by atoms with van der Waals surface area (Å²) in [7, 11) is 0. The lowest BCUT2D eigenvalue weighted by molar-refractivity contribution is -0.116. The molecule has 1 aromatic carbocycles. The Morgan fingerprint density at radius 3 is 2.28 bits per heavy atom. The molecule has 1 aliphatic heterocycles. The van der Waals surface area contributed by atoms with Crippen molar-refractivity contribution in [3.63, 3.8) is 0 Å². The second-order valence-electron chi connectivity index (χ2n) is 4.29. The largest absolute Gasteiger partial charge is 0.359 e. The van der Waals surface area contributed by atoms with Crippen LogP contribution in [0.3, 0.4) is 0 Å². The van der Waals surface area contributed by atoms with Gasteiger partial charge in [-0.3, -0.25) is 9.59 Å². The van der Waals surface area contributed by atoms with Crippen LogP contribution in [0.4, 0.5) is 0 Å². The van der Waals surface area contributed by atoms with Crippen molar-refractivity contribution in [2.75, 3.05) is 0 Å². The van der Waals surface area contributed by atoms with Gasteiger partial charge in [0.1, 0.15) is 0 Å². The van der Waals surface area contributed by atoms with Crippen molar-refractivity contribution in [2.45, 2.75) is 19.8 Å². The van der Waals surface area contributed by atoms with E-state index in [4.69, 9.17) is 0 Å². The molecule has 0 saturated heterocycles. The van der Waals surface area contributed by atoms with E-state index in [0.717, 1.165) is 5.56 Å². The van der Waals surface area contributed by atoms with Crippen molar-refractivity contribution in [3.05, 3.63) is 59.4 Å². The molecule has 0 aromatic heterocycles. The van der Waals surface area contributed by atoms with Crippen molar-refractivity contribution in [3.8, 4) is 0 Å². The average Bonchev–Trinajstić information content (AvgIpc) is 2.38. The molecular formula is C15H15NO2. The highest BCUT2D eigenvalue weighted by atomic mass is 16.1. The predicted molar refractivity (Wildman–Crippen MR) is 69.8 cm³/mol. The summed E-state index contributed by atoms with van der Waals surface area (Å²) in [6.45, 7) is 2.96. The van der Waals surface area contributed by atoms with Gasteiger partial charge >= 0.3 is 0 Å². The van der Waals surface area contributed by atoms with Gasteiger partial charge in [0, 0.05) is 18.4 Å². The molecule has 0 aliphatic carbocycles. The van der Waals surface area contributed by atoms with Crippen LogP contribution in [0, 0.1) is 0 Å². The lowest BCUT2D eigenvalue weighted by atomic mass is 9.85. The molecule has 0 bridgehead atoms. The first-order chi connectivity index (χ1) is 8.61. The van der Waals surface area contributed by atoms with Crippen molar-refractivity contribution in [1.29, 1.82) is 0 Å². The Hall–Kier alpha value is -2.16. The zero-order valence-electron chi connectivity index (χ0n) is 10.4. The number of ketones is 2. The Labute approximate surface area is 106 Å². The minimum atomic E-state index is -0.149. The van der Waals surface area contributed by atoms with E-state index >= 15 is 0 Å². The third kappa shape index (κ3) is 2.25. The minimum absolute atomic E-state index is 0.0779. The zero-order valence-corrected chi connectivity index (χ0v) is 10.4. The topological polar surface area (TPSA) is 46.2 Å². The molecule has 1 heterocycles. The molecule has 92 valence electrons. The fourth-order valence-corrected chi connectivity index (χ4v) is 2.18. The van der Waals surface area contributed by atoms with Crippen LogP contribution in [0.5, 0.6) is 0 Å². The zero-order chi connectivity index (χ0) is 13.1. The number of dihydropyridines is 1. The van der Waals surface area contributed by atoms with E-state index in [9.17, 15) is 9.59 Å². The second-order valence-corrected chi connectivity index (χ2v) is 4.29. The number of hydrogen-bond donors (Lipinski definition) is 1. The molecule has 1 aliphatic rings. The fraction of sp³-hybridized carbons (Fsp3) is 0.200. The second kappa shape index (κ2) is 5.00. The number of Topliss-reactive ketones (excluding diaryl/α,β-unsaturated/α-hetero) is 2. The van der Waals surface area contributed by atoms with Gasteiger partial charge in [0.2, 0.25) is 0 Å². The standard InChI is InChI=1S/C15H15NO2/c1-10(17)14-13(12-6-4-3-5-7-12)8-9-16-15(14)11(2)18/h3-9,13,16H,1-2H3. The highest BCUT2D eigenvalue weighted by molar-refractivity contribution is 6.06. The molecule has 1 aromatic rings. The smallest absolute Gasteiger partial charge is 0.176 e. The Kier molecular flexibility index (Phi) is 3.42. The molecule has 1 unspecified atom stereocenters. The Bertz CT molecular complexity index is 541. The highest BCUT2D eigenvalue weighted by Gasteiger charge is 2.26. The van der Waals surface area contributed by atoms with Gasteiger partial charge in [-0.25, -0.2) is 0 Å². The molecule has 0 spiro atoms. The number of carbonyl (C=O) groups excluding carboxylic acids is 2. The first-order valence-electron chi connectivity index (χ1n) is 5.85. The maximum Gasteiger partial charge on any atom is 0.176 e. The van der Waals surface area contributed by atoms with Crippen LogP contribution in [0.1, 0.15) is 25.3 Å². The summed E-state index contributed by atoms with van der Waals surface area (Å²) >= 11 is 0. The van der Waals surface area contributed by atoms with Gasteiger partial charge in [0.25, 0.3) is 0 Å². The molecule has 1 N–H and O–H groups in total. The van der Waals surface area contributed by atoms with Crippen LogP contribution < -0.4 is 5.32 Å². The monoisotopic (exact) mass is 241 g/mol. The van der Waals surface area contributed by atoms with Gasteiger partial charge in [-0.15, -0.1) is 0 Å². The number of rotatable bonds is 3. The summed E-state index contributed by atoms with van der Waals surface area (Å²) in [6.07, 6.45) is 3.62. The Morgan fingerprint density at radius 2 is 1.72 bits per heavy atom. The van der Waals surface area contributed by atoms with Crippen LogP contribution in [-0.4, -0.2) is 11.6 Å². The minimum Gasteiger partial charge on any atom is -0.359 e. The molecule has 0 fully saturated rings. The van der Waals surface area contributed by atoms with Gasteiger partial charge in [0.15, 0.2) is 11.6 Å². The number of carbonyl (C=O) groups is 2. The van der Waals surface area contributed by atoms with E-state index < -0.39 is 0 Å². The van der Waals surface area contributed by atoms with Crippen molar-refractivity contribution >= 4 is 11.6 Å². The van der Waals surface area contributed by atoms with Gasteiger partial charge in [0.05, 0.1) is 5.70 Å². The summed E-state index contributed by atoms with van der Waals surface area (Å²) in [6, 6.07) is 9.70. The van der Waals surface area contributed by atoms with Crippen LogP contribution in [0.2, 0.25) is 0 Å². The van der Waals surface area contributed by atoms with Crippen LogP contribution in [0.15, 0.2) is 53.9 Å². The number of allylic oxidation sites excluding steroid dienone is 3. The first-order valence-corrected chi connectivity index (χ1v) is 5.85. The lowest BCUT2D eigenvalue weighted by Gasteiger charge is -2.23. The number of hydrogen-bond acceptors (Lipinski definition) is 3. The Morgan fingerprint density at radius 1 is 1.06 bits per heavy atom. The van der Waals surface area contributed by atoms with Gasteiger partial charge in [-0.05, 0) is 18.7 Å². The van der Waals surface area contributed by atoms with Gasteiger partial charge < -0.3 is 5.32 Å². The summed E-state index contributed by atoms with van der Waals surface area (Å²) in [4.78, 5) is 23.4. The summed E-state index contributed by atoms with van der Waals surface area (Å²) in [5.74, 6) is -0.347. The quantitative estimate of drug-likeness (QED) is 0.883. The number of benzene rings is 1. The van der Waals surface area contributed by atoms with E-state index in [1.54, 1.807) is 6.20 Å². The third-order valence-electron chi connectivity index (χ3n) is 2.99. The van der Waals surface area contributed by atoms with Crippen molar-refractivity contribution < 1.29 is 9.59 Å². The van der Waals surface area contributed by atoms with Crippen molar-refractivity contribution in [2.24, 2.45) is 0 Å². The van der Waals surface area contributed by atoms with Crippen LogP contribution >= 0.6 is 0 Å². The molecule has 2 rings (SSSR count). The predicted octanol–water partition coefficient (Wildman–Crippen LogP) is 2.32. The van der Waals surface area contributed by atoms with Gasteiger partial charge in [-0.2, -0.15) is 0 Å². The molecule has 3 nitrogen and oxygen atoms in total. The third-order valence-corrected chi connectivity index (χ3v) is 2.99. The first kappa shape index (κ1) is 12.3.